The molecule has 1 aromatic rings. The van der Waals surface area contributed by atoms with Gasteiger partial charge in [0.15, 0.2) is 0 Å². The molecule has 2 aliphatic heterocycles. The molecule has 138 valence electrons. The molecule has 3 aliphatic rings. The molecule has 0 unspecified atom stereocenters. The largest absolute Gasteiger partial charge is 0.314 e. The lowest BCUT2D eigenvalue weighted by Crippen LogP contribution is -2.47. The third kappa shape index (κ3) is 4.45. The zero-order valence-electron chi connectivity index (χ0n) is 16.1. The lowest BCUT2D eigenvalue weighted by molar-refractivity contribution is 0.140. The lowest BCUT2D eigenvalue weighted by atomic mass is 9.97. The van der Waals surface area contributed by atoms with Gasteiger partial charge >= 0.3 is 0 Å². The Hall–Kier alpha value is -0.900. The Kier molecular flexibility index (Phi) is 5.17. The first-order valence-corrected chi connectivity index (χ1v) is 10.4. The van der Waals surface area contributed by atoms with E-state index in [1.54, 1.807) is 0 Å². The van der Waals surface area contributed by atoms with Crippen molar-refractivity contribution >= 4 is 0 Å². The normalized spacial score (nSPS) is 28.5. The highest BCUT2D eigenvalue weighted by Gasteiger charge is 2.41. The Balaban J connectivity index is 1.28. The van der Waals surface area contributed by atoms with Crippen molar-refractivity contribution < 1.29 is 0 Å². The minimum absolute atomic E-state index is 0.307. The van der Waals surface area contributed by atoms with Crippen molar-refractivity contribution in [3.63, 3.8) is 0 Å². The van der Waals surface area contributed by atoms with Gasteiger partial charge in [-0.1, -0.05) is 30.3 Å². The first-order valence-electron chi connectivity index (χ1n) is 10.4. The second-order valence-electron chi connectivity index (χ2n) is 9.20. The smallest absolute Gasteiger partial charge is 0.0240 e. The fraction of sp³-hybridized carbons (Fsp3) is 0.727. The second kappa shape index (κ2) is 7.38. The van der Waals surface area contributed by atoms with Gasteiger partial charge in [0.1, 0.15) is 0 Å². The van der Waals surface area contributed by atoms with Crippen LogP contribution in [0.1, 0.15) is 51.5 Å². The molecule has 0 aromatic heterocycles. The number of hydrogen-bond acceptors (Lipinski definition) is 3. The van der Waals surface area contributed by atoms with E-state index in [0.717, 1.165) is 24.5 Å². The van der Waals surface area contributed by atoms with Crippen molar-refractivity contribution in [2.24, 2.45) is 5.92 Å². The molecule has 1 N–H and O–H groups in total. The minimum atomic E-state index is 0.307. The SMILES string of the molecule is CC1(C)C[C@H](N2CCC(NCC3CC3)CC2)CN1Cc1ccccc1. The number of nitrogens with one attached hydrogen (secondary N) is 1. The molecule has 3 nitrogen and oxygen atoms in total. The first kappa shape index (κ1) is 17.5. The molecular formula is C22H35N3. The second-order valence-corrected chi connectivity index (χ2v) is 9.20. The third-order valence-electron chi connectivity index (χ3n) is 6.68. The first-order chi connectivity index (χ1) is 12.1. The van der Waals surface area contributed by atoms with Crippen LogP contribution >= 0.6 is 0 Å². The molecule has 0 radical (unpaired) electrons. The van der Waals surface area contributed by atoms with E-state index < -0.39 is 0 Å². The van der Waals surface area contributed by atoms with Gasteiger partial charge < -0.3 is 5.32 Å². The molecule has 0 spiro atoms. The fourth-order valence-electron chi connectivity index (χ4n) is 4.72. The summed E-state index contributed by atoms with van der Waals surface area (Å²) in [4.78, 5) is 5.48. The summed E-state index contributed by atoms with van der Waals surface area (Å²) in [5.41, 5.74) is 1.75. The standard InChI is InChI=1S/C22H35N3/c1-22(2)14-21(17-25(22)16-19-6-4-3-5-7-19)24-12-10-20(11-13-24)23-15-18-8-9-18/h3-7,18,20-21,23H,8-17H2,1-2H3/t21-/m0/s1. The van der Waals surface area contributed by atoms with Crippen molar-refractivity contribution in [3.8, 4) is 0 Å². The number of rotatable bonds is 6. The van der Waals surface area contributed by atoms with Crippen LogP contribution in [0.25, 0.3) is 0 Å². The predicted octanol–water partition coefficient (Wildman–Crippen LogP) is 3.50. The Labute approximate surface area is 153 Å². The molecule has 3 fully saturated rings. The van der Waals surface area contributed by atoms with Gasteiger partial charge in [0.25, 0.3) is 0 Å². The van der Waals surface area contributed by atoms with E-state index in [9.17, 15) is 0 Å². The molecule has 4 rings (SSSR count). The highest BCUT2D eigenvalue weighted by molar-refractivity contribution is 5.15. The van der Waals surface area contributed by atoms with Crippen LogP contribution < -0.4 is 5.32 Å². The third-order valence-corrected chi connectivity index (χ3v) is 6.68. The van der Waals surface area contributed by atoms with Gasteiger partial charge in [-0.25, -0.2) is 0 Å². The molecule has 3 heteroatoms. The van der Waals surface area contributed by atoms with E-state index in [2.05, 4.69) is 59.3 Å². The number of benzene rings is 1. The van der Waals surface area contributed by atoms with E-state index >= 15 is 0 Å². The maximum absolute atomic E-state index is 3.82. The summed E-state index contributed by atoms with van der Waals surface area (Å²) in [5, 5.41) is 3.82. The highest BCUT2D eigenvalue weighted by Crippen LogP contribution is 2.34. The zero-order chi connectivity index (χ0) is 17.3. The summed E-state index contributed by atoms with van der Waals surface area (Å²) in [6.07, 6.45) is 6.89. The lowest BCUT2D eigenvalue weighted by Gasteiger charge is -2.36. The van der Waals surface area contributed by atoms with Crippen molar-refractivity contribution in [2.45, 2.75) is 70.1 Å². The van der Waals surface area contributed by atoms with Crippen LogP contribution in [0.5, 0.6) is 0 Å². The molecule has 0 amide bonds. The molecule has 2 heterocycles. The van der Waals surface area contributed by atoms with Crippen LogP contribution in [0.3, 0.4) is 0 Å². The molecule has 25 heavy (non-hydrogen) atoms. The summed E-state index contributed by atoms with van der Waals surface area (Å²) < 4.78 is 0. The van der Waals surface area contributed by atoms with Crippen LogP contribution in [-0.4, -0.2) is 53.6 Å². The Morgan fingerprint density at radius 3 is 2.44 bits per heavy atom. The summed E-state index contributed by atoms with van der Waals surface area (Å²) in [6, 6.07) is 12.5. The molecule has 1 saturated carbocycles. The number of piperidine rings is 1. The van der Waals surface area contributed by atoms with E-state index in [-0.39, 0.29) is 0 Å². The predicted molar refractivity (Wildman–Crippen MR) is 105 cm³/mol. The summed E-state index contributed by atoms with van der Waals surface area (Å²) in [5.74, 6) is 1.00. The number of hydrogen-bond donors (Lipinski definition) is 1. The average molecular weight is 342 g/mol. The van der Waals surface area contributed by atoms with Gasteiger partial charge in [-0.15, -0.1) is 0 Å². The monoisotopic (exact) mass is 341 g/mol. The number of nitrogens with zero attached hydrogens (tertiary/aromatic N) is 2. The van der Waals surface area contributed by atoms with E-state index in [1.165, 1.54) is 63.8 Å². The summed E-state index contributed by atoms with van der Waals surface area (Å²) in [6.45, 7) is 11.0. The Bertz CT molecular complexity index is 544. The molecule has 0 bridgehead atoms. The summed E-state index contributed by atoms with van der Waals surface area (Å²) >= 11 is 0. The van der Waals surface area contributed by atoms with E-state index in [1.807, 2.05) is 0 Å². The van der Waals surface area contributed by atoms with Crippen LogP contribution in [-0.2, 0) is 6.54 Å². The highest BCUT2D eigenvalue weighted by atomic mass is 15.3. The van der Waals surface area contributed by atoms with Crippen molar-refractivity contribution in [2.75, 3.05) is 26.2 Å². The van der Waals surface area contributed by atoms with Gasteiger partial charge in [-0.05, 0) is 77.1 Å². The minimum Gasteiger partial charge on any atom is -0.314 e. The molecule has 1 aliphatic carbocycles. The van der Waals surface area contributed by atoms with Gasteiger partial charge in [0.05, 0.1) is 0 Å². The zero-order valence-corrected chi connectivity index (χ0v) is 16.1. The van der Waals surface area contributed by atoms with Gasteiger partial charge in [-0.3, -0.25) is 9.80 Å². The average Bonchev–Trinajstić information content (AvgIpc) is 3.39. The van der Waals surface area contributed by atoms with Crippen molar-refractivity contribution in [1.29, 1.82) is 0 Å². The van der Waals surface area contributed by atoms with Crippen molar-refractivity contribution in [3.05, 3.63) is 35.9 Å². The molecule has 1 atom stereocenters. The van der Waals surface area contributed by atoms with E-state index in [4.69, 9.17) is 0 Å². The Morgan fingerprint density at radius 1 is 1.04 bits per heavy atom. The maximum atomic E-state index is 3.82. The quantitative estimate of drug-likeness (QED) is 0.854. The topological polar surface area (TPSA) is 18.5 Å². The van der Waals surface area contributed by atoms with Gasteiger partial charge in [0.2, 0.25) is 0 Å². The molecule has 1 aromatic carbocycles. The van der Waals surface area contributed by atoms with Crippen LogP contribution in [0.2, 0.25) is 0 Å². The van der Waals surface area contributed by atoms with Crippen LogP contribution in [0.15, 0.2) is 30.3 Å². The maximum Gasteiger partial charge on any atom is 0.0240 e. The number of likely N-dealkylation sites (tertiary alicyclic amines) is 2. The summed E-state index contributed by atoms with van der Waals surface area (Å²) in [7, 11) is 0. The Morgan fingerprint density at radius 2 is 1.76 bits per heavy atom. The van der Waals surface area contributed by atoms with E-state index in [0.29, 0.717) is 5.54 Å². The van der Waals surface area contributed by atoms with Gasteiger partial charge in [-0.2, -0.15) is 0 Å². The van der Waals surface area contributed by atoms with Crippen molar-refractivity contribution in [1.82, 2.24) is 15.1 Å². The fourth-order valence-corrected chi connectivity index (χ4v) is 4.72. The molecular weight excluding hydrogens is 306 g/mol. The van der Waals surface area contributed by atoms with Gasteiger partial charge in [0, 0.05) is 30.7 Å². The van der Waals surface area contributed by atoms with Crippen LogP contribution in [0.4, 0.5) is 0 Å². The van der Waals surface area contributed by atoms with Crippen LogP contribution in [0, 0.1) is 5.92 Å². The molecule has 2 saturated heterocycles.